The van der Waals surface area contributed by atoms with Gasteiger partial charge in [0.15, 0.2) is 11.3 Å². The lowest BCUT2D eigenvalue weighted by atomic mass is 10.1. The molecule has 0 atom stereocenters. The number of aromatic nitrogens is 5. The highest BCUT2D eigenvalue weighted by molar-refractivity contribution is 6.76. The number of aromatic amines is 1. The van der Waals surface area contributed by atoms with Crippen LogP contribution in [0, 0.1) is 0 Å². The zero-order chi connectivity index (χ0) is 26.7. The molecule has 4 aromatic rings. The number of benzene rings is 1. The smallest absolute Gasteiger partial charge is 0.387 e. The zero-order valence-corrected chi connectivity index (χ0v) is 22.7. The molecule has 0 bridgehead atoms. The van der Waals surface area contributed by atoms with E-state index in [0.717, 1.165) is 6.04 Å². The molecule has 14 heteroatoms. The molecule has 9 nitrogen and oxygen atoms in total. The third-order valence-electron chi connectivity index (χ3n) is 5.30. The number of anilines is 1. The van der Waals surface area contributed by atoms with Crippen LogP contribution >= 0.6 is 23.2 Å². The van der Waals surface area contributed by atoms with Crippen molar-refractivity contribution in [3.63, 3.8) is 0 Å². The summed E-state index contributed by atoms with van der Waals surface area (Å²) >= 11 is 12.1. The van der Waals surface area contributed by atoms with Gasteiger partial charge in [-0.05, 0) is 36.4 Å². The van der Waals surface area contributed by atoms with Crippen LogP contribution in [0.4, 0.5) is 14.5 Å². The fourth-order valence-corrected chi connectivity index (χ4v) is 4.50. The van der Waals surface area contributed by atoms with Crippen LogP contribution in [-0.4, -0.2) is 52.0 Å². The van der Waals surface area contributed by atoms with E-state index in [4.69, 9.17) is 27.9 Å². The molecule has 0 saturated heterocycles. The van der Waals surface area contributed by atoms with E-state index in [9.17, 15) is 13.6 Å². The van der Waals surface area contributed by atoms with E-state index in [1.165, 1.54) is 28.9 Å². The molecule has 3 aromatic heterocycles. The van der Waals surface area contributed by atoms with Gasteiger partial charge < -0.3 is 14.8 Å². The minimum absolute atomic E-state index is 0.0932. The number of nitrogens with one attached hydrogen (secondary N) is 2. The van der Waals surface area contributed by atoms with Crippen molar-refractivity contribution < 1.29 is 23.0 Å². The highest BCUT2D eigenvalue weighted by Crippen LogP contribution is 2.38. The Balaban J connectivity index is 1.71. The second-order valence-electron chi connectivity index (χ2n) is 9.33. The van der Waals surface area contributed by atoms with Crippen molar-refractivity contribution in [1.29, 1.82) is 0 Å². The Morgan fingerprint density at radius 1 is 1.22 bits per heavy atom. The number of carbonyl (C=O) groups is 1. The summed E-state index contributed by atoms with van der Waals surface area (Å²) in [6.07, 6.45) is 1.35. The SMILES string of the molecule is C[Si](C)(C)CCOCc1[nH]nc(-c2cc(Cl)ccc2OC(F)F)c1NC(=O)c1cnc2ccc(Cl)nn12. The molecular formula is C23H24Cl2F2N6O3Si. The van der Waals surface area contributed by atoms with Crippen LogP contribution in [0.2, 0.25) is 35.9 Å². The maximum atomic E-state index is 13.3. The van der Waals surface area contributed by atoms with Crippen molar-refractivity contribution in [2.45, 2.75) is 38.9 Å². The van der Waals surface area contributed by atoms with Crippen LogP contribution in [0.15, 0.2) is 36.5 Å². The molecule has 3 heterocycles. The van der Waals surface area contributed by atoms with E-state index in [0.29, 0.717) is 17.9 Å². The Morgan fingerprint density at radius 2 is 2.00 bits per heavy atom. The van der Waals surface area contributed by atoms with E-state index in [-0.39, 0.29) is 45.2 Å². The Kier molecular flexibility index (Phi) is 8.12. The minimum Gasteiger partial charge on any atom is -0.434 e. The van der Waals surface area contributed by atoms with Gasteiger partial charge in [-0.1, -0.05) is 42.8 Å². The summed E-state index contributed by atoms with van der Waals surface area (Å²) in [5.74, 6) is -0.734. The lowest BCUT2D eigenvalue weighted by Crippen LogP contribution is -2.21. The molecule has 0 aliphatic heterocycles. The van der Waals surface area contributed by atoms with Gasteiger partial charge in [0.1, 0.15) is 16.6 Å². The van der Waals surface area contributed by atoms with E-state index >= 15 is 0 Å². The van der Waals surface area contributed by atoms with Gasteiger partial charge in [-0.15, -0.1) is 0 Å². The minimum atomic E-state index is -3.07. The molecule has 4 rings (SSSR count). The van der Waals surface area contributed by atoms with Crippen LogP contribution in [0.1, 0.15) is 16.2 Å². The number of hydrogen-bond acceptors (Lipinski definition) is 6. The first kappa shape index (κ1) is 27.0. The standard InChI is InChI=1S/C23H24Cl2F2N6O3Si/c1-37(2,3)9-8-35-12-15-21(29-22(34)16-11-28-19-7-6-18(25)32-33(16)19)20(31-30-15)14-10-13(24)4-5-17(14)36-23(26)27/h4-7,10-11,23H,8-9,12H2,1-3H3,(H,29,34)(H,30,31). The molecule has 0 aliphatic carbocycles. The number of fused-ring (bicyclic) bond motifs is 1. The largest absolute Gasteiger partial charge is 0.434 e. The molecule has 0 saturated carbocycles. The lowest BCUT2D eigenvalue weighted by molar-refractivity contribution is -0.0494. The predicted octanol–water partition coefficient (Wildman–Crippen LogP) is 6.13. The van der Waals surface area contributed by atoms with Crippen molar-refractivity contribution in [3.05, 3.63) is 58.1 Å². The summed E-state index contributed by atoms with van der Waals surface area (Å²) in [4.78, 5) is 17.5. The molecule has 37 heavy (non-hydrogen) atoms. The van der Waals surface area contributed by atoms with Gasteiger partial charge in [-0.3, -0.25) is 9.89 Å². The number of imidazole rings is 1. The third kappa shape index (κ3) is 6.63. The second-order valence-corrected chi connectivity index (χ2v) is 15.8. The monoisotopic (exact) mass is 568 g/mol. The van der Waals surface area contributed by atoms with Gasteiger partial charge in [0, 0.05) is 25.3 Å². The van der Waals surface area contributed by atoms with E-state index in [1.54, 1.807) is 12.1 Å². The van der Waals surface area contributed by atoms with Crippen molar-refractivity contribution >= 4 is 48.5 Å². The molecule has 0 unspecified atom stereocenters. The fraction of sp³-hybridized carbons (Fsp3) is 0.304. The number of halogens is 4. The van der Waals surface area contributed by atoms with Crippen LogP contribution in [0.3, 0.4) is 0 Å². The van der Waals surface area contributed by atoms with Crippen molar-refractivity contribution in [3.8, 4) is 17.0 Å². The Hall–Kier alpha value is -3.06. The summed E-state index contributed by atoms with van der Waals surface area (Å²) in [7, 11) is -1.33. The molecule has 196 valence electrons. The van der Waals surface area contributed by atoms with Gasteiger partial charge >= 0.3 is 6.61 Å². The van der Waals surface area contributed by atoms with Gasteiger partial charge in [-0.25, -0.2) is 9.50 Å². The number of hydrogen-bond donors (Lipinski definition) is 2. The third-order valence-corrected chi connectivity index (χ3v) is 7.44. The Bertz CT molecular complexity index is 1420. The van der Waals surface area contributed by atoms with Gasteiger partial charge in [0.05, 0.1) is 24.2 Å². The molecule has 2 N–H and O–H groups in total. The lowest BCUT2D eigenvalue weighted by Gasteiger charge is -2.15. The quantitative estimate of drug-likeness (QED) is 0.176. The second kappa shape index (κ2) is 11.1. The summed E-state index contributed by atoms with van der Waals surface area (Å²) in [5, 5.41) is 14.5. The number of carbonyl (C=O) groups excluding carboxylic acids is 1. The summed E-state index contributed by atoms with van der Waals surface area (Å²) in [6, 6.07) is 8.26. The number of nitrogens with zero attached hydrogens (tertiary/aromatic N) is 4. The van der Waals surface area contributed by atoms with Crippen LogP contribution in [0.5, 0.6) is 5.75 Å². The van der Waals surface area contributed by atoms with Crippen LogP contribution < -0.4 is 10.1 Å². The maximum Gasteiger partial charge on any atom is 0.387 e. The van der Waals surface area contributed by atoms with Gasteiger partial charge in [0.25, 0.3) is 5.91 Å². The molecule has 0 radical (unpaired) electrons. The van der Waals surface area contributed by atoms with Crippen LogP contribution in [0.25, 0.3) is 16.9 Å². The molecule has 0 aliphatic rings. The first-order chi connectivity index (χ1) is 17.5. The molecule has 1 amide bonds. The highest BCUT2D eigenvalue weighted by atomic mass is 35.5. The maximum absolute atomic E-state index is 13.3. The summed E-state index contributed by atoms with van der Waals surface area (Å²) < 4.78 is 38.0. The molecular weight excluding hydrogens is 545 g/mol. The Morgan fingerprint density at radius 3 is 2.73 bits per heavy atom. The number of ether oxygens (including phenoxy) is 2. The summed E-state index contributed by atoms with van der Waals surface area (Å²) in [5.41, 5.74) is 1.48. The van der Waals surface area contributed by atoms with E-state index < -0.39 is 20.6 Å². The molecule has 1 aromatic carbocycles. The first-order valence-corrected chi connectivity index (χ1v) is 15.7. The van der Waals surface area contributed by atoms with Crippen LogP contribution in [-0.2, 0) is 11.3 Å². The fourth-order valence-electron chi connectivity index (χ4n) is 3.43. The average molecular weight is 569 g/mol. The van der Waals surface area contributed by atoms with E-state index in [1.807, 2.05) is 0 Å². The van der Waals surface area contributed by atoms with Crippen molar-refractivity contribution in [2.75, 3.05) is 11.9 Å². The predicted molar refractivity (Wildman–Crippen MR) is 139 cm³/mol. The number of rotatable bonds is 10. The van der Waals surface area contributed by atoms with Crippen molar-refractivity contribution in [2.24, 2.45) is 0 Å². The Labute approximate surface area is 222 Å². The number of H-pyrrole nitrogens is 1. The average Bonchev–Trinajstić information content (AvgIpc) is 3.40. The van der Waals surface area contributed by atoms with Gasteiger partial charge in [-0.2, -0.15) is 19.0 Å². The molecule has 0 spiro atoms. The highest BCUT2D eigenvalue weighted by Gasteiger charge is 2.24. The topological polar surface area (TPSA) is 106 Å². The van der Waals surface area contributed by atoms with Crippen molar-refractivity contribution in [1.82, 2.24) is 24.8 Å². The number of amides is 1. The zero-order valence-electron chi connectivity index (χ0n) is 20.2. The first-order valence-electron chi connectivity index (χ1n) is 11.2. The number of alkyl halides is 2. The normalized spacial score (nSPS) is 11.9. The summed E-state index contributed by atoms with van der Waals surface area (Å²) in [6.45, 7) is 4.23. The van der Waals surface area contributed by atoms with Gasteiger partial charge in [0.2, 0.25) is 0 Å². The molecule has 0 fully saturated rings. The van der Waals surface area contributed by atoms with E-state index in [2.05, 4.69) is 50.0 Å².